The van der Waals surface area contributed by atoms with Crippen LogP contribution in [-0.2, 0) is 14.3 Å². The fraction of sp³-hybridized carbons (Fsp3) is 0.857. The lowest BCUT2D eigenvalue weighted by Crippen LogP contribution is -2.62. The lowest BCUT2D eigenvalue weighted by molar-refractivity contribution is -0.149. The maximum Gasteiger partial charge on any atom is 0.245 e. The molecule has 0 radical (unpaired) electrons. The highest BCUT2D eigenvalue weighted by Gasteiger charge is 2.37. The summed E-state index contributed by atoms with van der Waals surface area (Å²) in [7, 11) is 1.67. The fourth-order valence-electron chi connectivity index (χ4n) is 2.35. The van der Waals surface area contributed by atoms with E-state index in [0.29, 0.717) is 25.5 Å². The van der Waals surface area contributed by atoms with Gasteiger partial charge in [0, 0.05) is 20.3 Å². The number of unbranched alkanes of at least 4 members (excludes halogenated alkanes) is 1. The van der Waals surface area contributed by atoms with Crippen molar-refractivity contribution in [2.45, 2.75) is 52.1 Å². The number of carbonyl (C=O) groups is 2. The molecule has 5 nitrogen and oxygen atoms in total. The van der Waals surface area contributed by atoms with E-state index in [1.54, 1.807) is 18.9 Å². The van der Waals surface area contributed by atoms with Crippen molar-refractivity contribution in [3.8, 4) is 0 Å². The van der Waals surface area contributed by atoms with Crippen molar-refractivity contribution >= 4 is 11.8 Å². The first-order valence-corrected chi connectivity index (χ1v) is 7.07. The molecule has 0 bridgehead atoms. The standard InChI is InChI=1S/C14H26N2O3/c1-10(2)9-12-14(18)16(7-5-6-8-19-4)11(3)13(17)15-12/h10-12H,5-9H2,1-4H3,(H,15,17). The van der Waals surface area contributed by atoms with Crippen molar-refractivity contribution in [2.75, 3.05) is 20.3 Å². The normalized spacial score (nSPS) is 23.9. The number of hydrogen-bond donors (Lipinski definition) is 1. The van der Waals surface area contributed by atoms with Gasteiger partial charge < -0.3 is 15.0 Å². The summed E-state index contributed by atoms with van der Waals surface area (Å²) in [5.41, 5.74) is 0. The number of nitrogens with one attached hydrogen (secondary N) is 1. The molecule has 1 fully saturated rings. The molecule has 0 aliphatic carbocycles. The second-order valence-electron chi connectivity index (χ2n) is 5.60. The molecule has 1 N–H and O–H groups in total. The molecule has 1 saturated heterocycles. The topological polar surface area (TPSA) is 58.6 Å². The fourth-order valence-corrected chi connectivity index (χ4v) is 2.35. The van der Waals surface area contributed by atoms with E-state index < -0.39 is 0 Å². The van der Waals surface area contributed by atoms with Crippen molar-refractivity contribution in [1.82, 2.24) is 10.2 Å². The quantitative estimate of drug-likeness (QED) is 0.707. The third-order valence-electron chi connectivity index (χ3n) is 3.45. The largest absolute Gasteiger partial charge is 0.385 e. The number of nitrogens with zero attached hydrogens (tertiary/aromatic N) is 1. The summed E-state index contributed by atoms with van der Waals surface area (Å²) in [6.45, 7) is 7.22. The molecule has 2 amide bonds. The van der Waals surface area contributed by atoms with E-state index in [2.05, 4.69) is 19.2 Å². The Bertz CT molecular complexity index is 318. The van der Waals surface area contributed by atoms with Crippen LogP contribution < -0.4 is 5.32 Å². The molecule has 1 aliphatic heterocycles. The Labute approximate surface area is 115 Å². The second kappa shape index (κ2) is 7.48. The predicted octanol–water partition coefficient (Wildman–Crippen LogP) is 1.17. The number of rotatable bonds is 7. The van der Waals surface area contributed by atoms with E-state index in [0.717, 1.165) is 12.8 Å². The molecule has 1 aliphatic rings. The Morgan fingerprint density at radius 1 is 1.32 bits per heavy atom. The zero-order valence-corrected chi connectivity index (χ0v) is 12.4. The Kier molecular flexibility index (Phi) is 6.28. The molecule has 1 heterocycles. The van der Waals surface area contributed by atoms with Gasteiger partial charge in [-0.25, -0.2) is 0 Å². The van der Waals surface area contributed by atoms with Gasteiger partial charge in [0.05, 0.1) is 0 Å². The van der Waals surface area contributed by atoms with Crippen molar-refractivity contribution in [3.05, 3.63) is 0 Å². The van der Waals surface area contributed by atoms with E-state index in [1.807, 2.05) is 0 Å². The first-order chi connectivity index (χ1) is 8.97. The van der Waals surface area contributed by atoms with Crippen LogP contribution in [0.3, 0.4) is 0 Å². The van der Waals surface area contributed by atoms with Gasteiger partial charge in [0.25, 0.3) is 0 Å². The van der Waals surface area contributed by atoms with Gasteiger partial charge in [0.1, 0.15) is 12.1 Å². The van der Waals surface area contributed by atoms with Gasteiger partial charge in [-0.1, -0.05) is 13.8 Å². The number of piperazine rings is 1. The van der Waals surface area contributed by atoms with Gasteiger partial charge >= 0.3 is 0 Å². The number of methoxy groups -OCH3 is 1. The first-order valence-electron chi connectivity index (χ1n) is 7.07. The molecule has 5 heteroatoms. The molecule has 0 aromatic carbocycles. The molecular formula is C14H26N2O3. The van der Waals surface area contributed by atoms with Crippen LogP contribution in [0.2, 0.25) is 0 Å². The maximum absolute atomic E-state index is 12.4. The molecule has 0 spiro atoms. The SMILES string of the molecule is COCCCCN1C(=O)C(CC(C)C)NC(=O)C1C. The van der Waals surface area contributed by atoms with Crippen LogP contribution in [0.4, 0.5) is 0 Å². The lowest BCUT2D eigenvalue weighted by atomic mass is 9.98. The Balaban J connectivity index is 2.59. The van der Waals surface area contributed by atoms with Crippen molar-refractivity contribution in [2.24, 2.45) is 5.92 Å². The molecule has 0 aromatic heterocycles. The summed E-state index contributed by atoms with van der Waals surface area (Å²) in [6.07, 6.45) is 2.47. The van der Waals surface area contributed by atoms with Crippen LogP contribution in [0.25, 0.3) is 0 Å². The van der Waals surface area contributed by atoms with E-state index in [-0.39, 0.29) is 23.9 Å². The Hall–Kier alpha value is -1.10. The van der Waals surface area contributed by atoms with E-state index in [1.165, 1.54) is 0 Å². The highest BCUT2D eigenvalue weighted by Crippen LogP contribution is 2.16. The van der Waals surface area contributed by atoms with Crippen LogP contribution in [0.1, 0.15) is 40.0 Å². The molecular weight excluding hydrogens is 244 g/mol. The highest BCUT2D eigenvalue weighted by molar-refractivity contribution is 5.96. The molecule has 2 atom stereocenters. The van der Waals surface area contributed by atoms with Gasteiger partial charge in [-0.05, 0) is 32.1 Å². The average Bonchev–Trinajstić information content (AvgIpc) is 2.34. The summed E-state index contributed by atoms with van der Waals surface area (Å²) in [6, 6.07) is -0.718. The second-order valence-corrected chi connectivity index (χ2v) is 5.60. The van der Waals surface area contributed by atoms with Crippen LogP contribution in [0.15, 0.2) is 0 Å². The van der Waals surface area contributed by atoms with Crippen molar-refractivity contribution < 1.29 is 14.3 Å². The Morgan fingerprint density at radius 3 is 2.58 bits per heavy atom. The van der Waals surface area contributed by atoms with Crippen LogP contribution in [-0.4, -0.2) is 49.1 Å². The number of carbonyl (C=O) groups excluding carboxylic acids is 2. The molecule has 1 rings (SSSR count). The number of ether oxygens (including phenoxy) is 1. The minimum atomic E-state index is -0.363. The molecule has 19 heavy (non-hydrogen) atoms. The summed E-state index contributed by atoms with van der Waals surface area (Å²) in [5.74, 6) is 0.396. The number of amides is 2. The van der Waals surface area contributed by atoms with Crippen LogP contribution >= 0.6 is 0 Å². The summed E-state index contributed by atoms with van der Waals surface area (Å²) in [5, 5.41) is 2.82. The maximum atomic E-state index is 12.4. The van der Waals surface area contributed by atoms with Gasteiger partial charge in [0.2, 0.25) is 11.8 Å². The monoisotopic (exact) mass is 270 g/mol. The number of hydrogen-bond acceptors (Lipinski definition) is 3. The third kappa shape index (κ3) is 4.49. The molecule has 0 saturated carbocycles. The minimum absolute atomic E-state index is 0.0445. The first kappa shape index (κ1) is 16.0. The Morgan fingerprint density at radius 2 is 2.00 bits per heavy atom. The van der Waals surface area contributed by atoms with Crippen molar-refractivity contribution in [3.63, 3.8) is 0 Å². The lowest BCUT2D eigenvalue weighted by Gasteiger charge is -2.38. The predicted molar refractivity (Wildman–Crippen MR) is 73.7 cm³/mol. The smallest absolute Gasteiger partial charge is 0.245 e. The van der Waals surface area contributed by atoms with Crippen LogP contribution in [0, 0.1) is 5.92 Å². The van der Waals surface area contributed by atoms with Crippen molar-refractivity contribution in [1.29, 1.82) is 0 Å². The summed E-state index contributed by atoms with van der Waals surface area (Å²) in [4.78, 5) is 26.0. The molecule has 2 unspecified atom stereocenters. The van der Waals surface area contributed by atoms with Gasteiger partial charge in [-0.3, -0.25) is 9.59 Å². The van der Waals surface area contributed by atoms with Gasteiger partial charge in [-0.15, -0.1) is 0 Å². The van der Waals surface area contributed by atoms with E-state index >= 15 is 0 Å². The third-order valence-corrected chi connectivity index (χ3v) is 3.45. The van der Waals surface area contributed by atoms with Gasteiger partial charge in [0.15, 0.2) is 0 Å². The van der Waals surface area contributed by atoms with E-state index in [4.69, 9.17) is 4.74 Å². The zero-order chi connectivity index (χ0) is 14.4. The summed E-state index contributed by atoms with van der Waals surface area (Å²) >= 11 is 0. The van der Waals surface area contributed by atoms with Crippen LogP contribution in [0.5, 0.6) is 0 Å². The average molecular weight is 270 g/mol. The molecule has 110 valence electrons. The summed E-state index contributed by atoms with van der Waals surface area (Å²) < 4.78 is 5.00. The highest BCUT2D eigenvalue weighted by atomic mass is 16.5. The van der Waals surface area contributed by atoms with Gasteiger partial charge in [-0.2, -0.15) is 0 Å². The minimum Gasteiger partial charge on any atom is -0.385 e. The molecule has 0 aromatic rings. The van der Waals surface area contributed by atoms with E-state index in [9.17, 15) is 9.59 Å². The zero-order valence-electron chi connectivity index (χ0n) is 12.4.